The van der Waals surface area contributed by atoms with Crippen molar-refractivity contribution in [3.63, 3.8) is 0 Å². The highest BCUT2D eigenvalue weighted by molar-refractivity contribution is 6.30. The van der Waals surface area contributed by atoms with Crippen LogP contribution in [0.5, 0.6) is 0 Å². The Bertz CT molecular complexity index is 534. The van der Waals surface area contributed by atoms with Crippen LogP contribution in [-0.4, -0.2) is 5.16 Å². The van der Waals surface area contributed by atoms with E-state index in [-0.39, 0.29) is 0 Å². The number of hydrogen-bond donors (Lipinski definition) is 1. The second kappa shape index (κ2) is 7.34. The Morgan fingerprint density at radius 2 is 1.80 bits per heavy atom. The number of aromatic nitrogens is 1. The predicted molar refractivity (Wildman–Crippen MR) is 83.8 cm³/mol. The van der Waals surface area contributed by atoms with Crippen LogP contribution in [0.2, 0.25) is 5.02 Å². The summed E-state index contributed by atoms with van der Waals surface area (Å²) in [5.74, 6) is 0.385. The summed E-state index contributed by atoms with van der Waals surface area (Å²) in [7, 11) is 0. The summed E-state index contributed by atoms with van der Waals surface area (Å²) in [6.07, 6.45) is 7.08. The summed E-state index contributed by atoms with van der Waals surface area (Å²) in [5, 5.41) is 4.81. The standard InChI is InChI=1S/C16H21ClN2O/c1-2-3-4-5-6-7-14-15(16(18)20-19-14)12-8-10-13(17)11-9-12/h8-11H,2-7,18H2,1H3. The van der Waals surface area contributed by atoms with E-state index in [2.05, 4.69) is 12.1 Å². The molecule has 0 saturated carbocycles. The molecule has 3 nitrogen and oxygen atoms in total. The molecule has 20 heavy (non-hydrogen) atoms. The van der Waals surface area contributed by atoms with Gasteiger partial charge in [-0.2, -0.15) is 0 Å². The molecule has 0 aliphatic rings. The second-order valence-electron chi connectivity index (χ2n) is 5.04. The zero-order chi connectivity index (χ0) is 14.4. The smallest absolute Gasteiger partial charge is 0.230 e. The van der Waals surface area contributed by atoms with Crippen molar-refractivity contribution in [3.05, 3.63) is 35.0 Å². The lowest BCUT2D eigenvalue weighted by molar-refractivity contribution is 0.426. The first kappa shape index (κ1) is 14.9. The molecular formula is C16H21ClN2O. The van der Waals surface area contributed by atoms with Crippen molar-refractivity contribution in [1.82, 2.24) is 5.16 Å². The van der Waals surface area contributed by atoms with Gasteiger partial charge in [-0.15, -0.1) is 0 Å². The molecule has 1 heterocycles. The molecule has 0 saturated heterocycles. The molecule has 1 aromatic heterocycles. The minimum absolute atomic E-state index is 0.385. The zero-order valence-corrected chi connectivity index (χ0v) is 12.6. The first-order valence-corrected chi connectivity index (χ1v) is 7.60. The van der Waals surface area contributed by atoms with E-state index >= 15 is 0 Å². The first-order valence-electron chi connectivity index (χ1n) is 7.22. The van der Waals surface area contributed by atoms with Crippen LogP contribution < -0.4 is 5.73 Å². The topological polar surface area (TPSA) is 52.0 Å². The van der Waals surface area contributed by atoms with Gasteiger partial charge in [0.25, 0.3) is 0 Å². The Hall–Kier alpha value is -1.48. The molecule has 0 unspecified atom stereocenters. The Labute approximate surface area is 125 Å². The van der Waals surface area contributed by atoms with Gasteiger partial charge >= 0.3 is 0 Å². The summed E-state index contributed by atoms with van der Waals surface area (Å²) < 4.78 is 5.15. The Kier molecular flexibility index (Phi) is 5.48. The fourth-order valence-corrected chi connectivity index (χ4v) is 2.46. The van der Waals surface area contributed by atoms with Gasteiger partial charge in [-0.25, -0.2) is 0 Å². The molecule has 0 aliphatic heterocycles. The van der Waals surface area contributed by atoms with Crippen molar-refractivity contribution in [2.24, 2.45) is 0 Å². The van der Waals surface area contributed by atoms with E-state index in [4.69, 9.17) is 21.9 Å². The lowest BCUT2D eigenvalue weighted by atomic mass is 10.0. The number of nitrogens with zero attached hydrogens (tertiary/aromatic N) is 1. The van der Waals surface area contributed by atoms with Crippen LogP contribution in [0.3, 0.4) is 0 Å². The molecule has 2 N–H and O–H groups in total. The van der Waals surface area contributed by atoms with E-state index in [1.54, 1.807) is 0 Å². The largest absolute Gasteiger partial charge is 0.367 e. The summed E-state index contributed by atoms with van der Waals surface area (Å²) in [6.45, 7) is 2.22. The number of aryl methyl sites for hydroxylation is 1. The van der Waals surface area contributed by atoms with E-state index in [1.807, 2.05) is 24.3 Å². The highest BCUT2D eigenvalue weighted by Gasteiger charge is 2.15. The van der Waals surface area contributed by atoms with Gasteiger partial charge in [0.1, 0.15) is 0 Å². The number of nitrogen functional groups attached to an aromatic ring is 1. The molecule has 108 valence electrons. The van der Waals surface area contributed by atoms with Crippen molar-refractivity contribution in [2.75, 3.05) is 5.73 Å². The zero-order valence-electron chi connectivity index (χ0n) is 11.9. The molecule has 2 rings (SSSR count). The van der Waals surface area contributed by atoms with E-state index in [9.17, 15) is 0 Å². The quantitative estimate of drug-likeness (QED) is 0.723. The predicted octanol–water partition coefficient (Wildman–Crippen LogP) is 5.09. The third kappa shape index (κ3) is 3.76. The van der Waals surface area contributed by atoms with Crippen molar-refractivity contribution < 1.29 is 4.52 Å². The lowest BCUT2D eigenvalue weighted by Gasteiger charge is -2.03. The van der Waals surface area contributed by atoms with Crippen LogP contribution in [0.25, 0.3) is 11.1 Å². The normalized spacial score (nSPS) is 10.9. The molecule has 0 radical (unpaired) electrons. The second-order valence-corrected chi connectivity index (χ2v) is 5.48. The number of anilines is 1. The van der Waals surface area contributed by atoms with Gasteiger partial charge in [0.05, 0.1) is 11.3 Å². The molecule has 1 aromatic carbocycles. The summed E-state index contributed by atoms with van der Waals surface area (Å²) in [4.78, 5) is 0. The summed E-state index contributed by atoms with van der Waals surface area (Å²) >= 11 is 5.91. The maximum absolute atomic E-state index is 5.91. The van der Waals surface area contributed by atoms with Crippen LogP contribution in [0.4, 0.5) is 5.88 Å². The van der Waals surface area contributed by atoms with Crippen molar-refractivity contribution >= 4 is 17.5 Å². The highest BCUT2D eigenvalue weighted by Crippen LogP contribution is 2.31. The third-order valence-electron chi connectivity index (χ3n) is 3.44. The Balaban J connectivity index is 2.05. The molecule has 0 fully saturated rings. The van der Waals surface area contributed by atoms with Crippen LogP contribution in [0.1, 0.15) is 44.7 Å². The molecule has 0 spiro atoms. The van der Waals surface area contributed by atoms with Crippen LogP contribution in [0.15, 0.2) is 28.8 Å². The monoisotopic (exact) mass is 292 g/mol. The molecule has 0 aliphatic carbocycles. The van der Waals surface area contributed by atoms with Crippen LogP contribution in [-0.2, 0) is 6.42 Å². The van der Waals surface area contributed by atoms with E-state index < -0.39 is 0 Å². The van der Waals surface area contributed by atoms with Gasteiger partial charge in [-0.1, -0.05) is 61.5 Å². The summed E-state index contributed by atoms with van der Waals surface area (Å²) in [6, 6.07) is 7.61. The molecule has 2 aromatic rings. The van der Waals surface area contributed by atoms with Gasteiger partial charge in [-0.05, 0) is 30.5 Å². The Morgan fingerprint density at radius 3 is 2.50 bits per heavy atom. The minimum atomic E-state index is 0.385. The number of hydrogen-bond acceptors (Lipinski definition) is 3. The number of unbranched alkanes of at least 4 members (excludes halogenated alkanes) is 4. The fraction of sp³-hybridized carbons (Fsp3) is 0.438. The number of nitrogens with two attached hydrogens (primary N) is 1. The van der Waals surface area contributed by atoms with E-state index in [0.29, 0.717) is 10.9 Å². The third-order valence-corrected chi connectivity index (χ3v) is 3.69. The average Bonchev–Trinajstić information content (AvgIpc) is 2.81. The van der Waals surface area contributed by atoms with Crippen molar-refractivity contribution in [1.29, 1.82) is 0 Å². The molecule has 0 bridgehead atoms. The van der Waals surface area contributed by atoms with Gasteiger partial charge in [0.15, 0.2) is 0 Å². The molecule has 0 atom stereocenters. The SMILES string of the molecule is CCCCCCCc1noc(N)c1-c1ccc(Cl)cc1. The number of benzene rings is 1. The minimum Gasteiger partial charge on any atom is -0.367 e. The van der Waals surface area contributed by atoms with Gasteiger partial charge in [0, 0.05) is 5.02 Å². The molecular weight excluding hydrogens is 272 g/mol. The average molecular weight is 293 g/mol. The van der Waals surface area contributed by atoms with E-state index in [0.717, 1.165) is 29.7 Å². The van der Waals surface area contributed by atoms with Gasteiger partial charge < -0.3 is 10.3 Å². The first-order chi connectivity index (χ1) is 9.72. The van der Waals surface area contributed by atoms with Crippen molar-refractivity contribution in [2.45, 2.75) is 45.4 Å². The highest BCUT2D eigenvalue weighted by atomic mass is 35.5. The van der Waals surface area contributed by atoms with Gasteiger partial charge in [0.2, 0.25) is 5.88 Å². The number of rotatable bonds is 7. The van der Waals surface area contributed by atoms with E-state index in [1.165, 1.54) is 25.7 Å². The number of halogens is 1. The molecule has 4 heteroatoms. The fourth-order valence-electron chi connectivity index (χ4n) is 2.33. The molecule has 0 amide bonds. The Morgan fingerprint density at radius 1 is 1.10 bits per heavy atom. The van der Waals surface area contributed by atoms with Crippen LogP contribution >= 0.6 is 11.6 Å². The lowest BCUT2D eigenvalue weighted by Crippen LogP contribution is -1.92. The maximum Gasteiger partial charge on any atom is 0.230 e. The van der Waals surface area contributed by atoms with Crippen molar-refractivity contribution in [3.8, 4) is 11.1 Å². The summed E-state index contributed by atoms with van der Waals surface area (Å²) in [5.41, 5.74) is 8.77. The van der Waals surface area contributed by atoms with Crippen LogP contribution in [0, 0.1) is 0 Å². The van der Waals surface area contributed by atoms with Gasteiger partial charge in [-0.3, -0.25) is 0 Å². The maximum atomic E-state index is 5.91.